The maximum atomic E-state index is 9.25. The molecular formula is C16H21ClNO2+. The number of benzene rings is 1. The minimum atomic E-state index is -0.196. The van der Waals surface area contributed by atoms with Crippen LogP contribution in [0, 0.1) is 6.92 Å². The van der Waals surface area contributed by atoms with Gasteiger partial charge in [-0.1, -0.05) is 23.7 Å². The number of aliphatic hydroxyl groups excluding tert-OH is 1. The Morgan fingerprint density at radius 2 is 2.00 bits per heavy atom. The molecule has 2 aromatic rings. The van der Waals surface area contributed by atoms with E-state index in [9.17, 15) is 5.11 Å². The van der Waals surface area contributed by atoms with Crippen LogP contribution in [0.4, 0.5) is 0 Å². The lowest BCUT2D eigenvalue weighted by Crippen LogP contribution is -2.95. The summed E-state index contributed by atoms with van der Waals surface area (Å²) in [6.45, 7) is 6.82. The lowest BCUT2D eigenvalue weighted by atomic mass is 10.1. The first-order valence-corrected chi connectivity index (χ1v) is 7.10. The quantitative estimate of drug-likeness (QED) is 0.891. The minimum absolute atomic E-state index is 0.133. The molecule has 0 unspecified atom stereocenters. The molecule has 0 amide bonds. The summed E-state index contributed by atoms with van der Waals surface area (Å²) in [5.74, 6) is 1.72. The van der Waals surface area contributed by atoms with Gasteiger partial charge in [0, 0.05) is 10.6 Å². The fraction of sp³-hybridized carbons (Fsp3) is 0.375. The molecule has 1 heterocycles. The molecule has 108 valence electrons. The second-order valence-electron chi connectivity index (χ2n) is 5.73. The van der Waals surface area contributed by atoms with Gasteiger partial charge in [-0.05, 0) is 44.5 Å². The predicted octanol–water partition coefficient (Wildman–Crippen LogP) is 2.74. The fourth-order valence-corrected chi connectivity index (χ4v) is 2.12. The highest BCUT2D eigenvalue weighted by Crippen LogP contribution is 2.29. The lowest BCUT2D eigenvalue weighted by Gasteiger charge is -2.18. The Kier molecular flexibility index (Phi) is 4.53. The molecule has 4 heteroatoms. The number of halogens is 1. The van der Waals surface area contributed by atoms with Crippen molar-refractivity contribution in [2.24, 2.45) is 0 Å². The van der Waals surface area contributed by atoms with Crippen molar-refractivity contribution in [3.63, 3.8) is 0 Å². The van der Waals surface area contributed by atoms with Gasteiger partial charge >= 0.3 is 0 Å². The van der Waals surface area contributed by atoms with Gasteiger partial charge in [0.15, 0.2) is 5.76 Å². The molecule has 0 radical (unpaired) electrons. The van der Waals surface area contributed by atoms with E-state index in [2.05, 4.69) is 5.32 Å². The van der Waals surface area contributed by atoms with Crippen molar-refractivity contribution >= 4 is 11.6 Å². The zero-order valence-corrected chi connectivity index (χ0v) is 12.9. The van der Waals surface area contributed by atoms with Gasteiger partial charge < -0.3 is 14.8 Å². The SMILES string of the molecule is Cc1c(Cl)cccc1-c1ccc(C[NH2+]C(C)(C)CO)o1. The molecule has 0 aliphatic heterocycles. The van der Waals surface area contributed by atoms with E-state index in [0.29, 0.717) is 6.54 Å². The second-order valence-corrected chi connectivity index (χ2v) is 6.14. The third-order valence-corrected chi connectivity index (χ3v) is 3.87. The molecule has 20 heavy (non-hydrogen) atoms. The number of quaternary nitrogens is 1. The highest BCUT2D eigenvalue weighted by atomic mass is 35.5. The molecule has 3 nitrogen and oxygen atoms in total. The van der Waals surface area contributed by atoms with E-state index in [-0.39, 0.29) is 12.1 Å². The van der Waals surface area contributed by atoms with Crippen molar-refractivity contribution in [1.29, 1.82) is 0 Å². The van der Waals surface area contributed by atoms with Gasteiger partial charge in [0.05, 0.1) is 6.61 Å². The first-order valence-electron chi connectivity index (χ1n) is 6.72. The standard InChI is InChI=1S/C16H20ClNO2/c1-11-13(5-4-6-14(11)17)15-8-7-12(20-15)9-18-16(2,3)10-19/h4-8,18-19H,9-10H2,1-3H3/p+1. The Hall–Kier alpha value is -1.29. The van der Waals surface area contributed by atoms with Crippen LogP contribution < -0.4 is 5.32 Å². The maximum absolute atomic E-state index is 9.25. The molecule has 0 saturated heterocycles. The third-order valence-electron chi connectivity index (χ3n) is 3.46. The zero-order valence-electron chi connectivity index (χ0n) is 12.1. The Morgan fingerprint density at radius 3 is 2.70 bits per heavy atom. The molecule has 0 aliphatic carbocycles. The normalized spacial score (nSPS) is 11.8. The zero-order chi connectivity index (χ0) is 14.8. The monoisotopic (exact) mass is 294 g/mol. The van der Waals surface area contributed by atoms with Gasteiger partial charge in [-0.25, -0.2) is 0 Å². The molecule has 2 rings (SSSR count). The van der Waals surface area contributed by atoms with Crippen LogP contribution in [0.2, 0.25) is 5.02 Å². The Bertz CT molecular complexity index is 590. The molecule has 3 N–H and O–H groups in total. The molecular weight excluding hydrogens is 274 g/mol. The van der Waals surface area contributed by atoms with Gasteiger partial charge in [0.1, 0.15) is 17.8 Å². The second kappa shape index (κ2) is 6.00. The van der Waals surface area contributed by atoms with Crippen LogP contribution in [0.25, 0.3) is 11.3 Å². The summed E-state index contributed by atoms with van der Waals surface area (Å²) in [6, 6.07) is 9.74. The van der Waals surface area contributed by atoms with Crippen LogP contribution in [0.3, 0.4) is 0 Å². The Labute approximate surface area is 124 Å². The van der Waals surface area contributed by atoms with Gasteiger partial charge in [-0.2, -0.15) is 0 Å². The summed E-state index contributed by atoms with van der Waals surface area (Å²) in [7, 11) is 0. The van der Waals surface area contributed by atoms with Crippen molar-refractivity contribution in [1.82, 2.24) is 0 Å². The molecule has 0 bridgehead atoms. The summed E-state index contributed by atoms with van der Waals surface area (Å²) in [5, 5.41) is 12.1. The number of aliphatic hydroxyl groups is 1. The van der Waals surface area contributed by atoms with Crippen LogP contribution >= 0.6 is 11.6 Å². The number of hydrogen-bond acceptors (Lipinski definition) is 2. The topological polar surface area (TPSA) is 50.0 Å². The number of hydrogen-bond donors (Lipinski definition) is 2. The summed E-state index contributed by atoms with van der Waals surface area (Å²) in [6.07, 6.45) is 0. The summed E-state index contributed by atoms with van der Waals surface area (Å²) < 4.78 is 5.87. The van der Waals surface area contributed by atoms with Crippen molar-refractivity contribution < 1.29 is 14.8 Å². The lowest BCUT2D eigenvalue weighted by molar-refractivity contribution is -0.738. The van der Waals surface area contributed by atoms with E-state index >= 15 is 0 Å². The van der Waals surface area contributed by atoms with Crippen LogP contribution in [0.15, 0.2) is 34.7 Å². The molecule has 1 aromatic carbocycles. The largest absolute Gasteiger partial charge is 0.455 e. The number of rotatable bonds is 5. The average Bonchev–Trinajstić information content (AvgIpc) is 2.88. The fourth-order valence-electron chi connectivity index (χ4n) is 1.95. The highest BCUT2D eigenvalue weighted by Gasteiger charge is 2.20. The van der Waals surface area contributed by atoms with Crippen molar-refractivity contribution in [2.75, 3.05) is 6.61 Å². The third kappa shape index (κ3) is 3.42. The smallest absolute Gasteiger partial charge is 0.158 e. The van der Waals surface area contributed by atoms with Gasteiger partial charge in [0.2, 0.25) is 0 Å². The van der Waals surface area contributed by atoms with Crippen LogP contribution in [0.5, 0.6) is 0 Å². The molecule has 0 saturated carbocycles. The predicted molar refractivity (Wildman–Crippen MR) is 80.7 cm³/mol. The molecule has 0 spiro atoms. The van der Waals surface area contributed by atoms with Crippen molar-refractivity contribution in [3.8, 4) is 11.3 Å². The highest BCUT2D eigenvalue weighted by molar-refractivity contribution is 6.31. The van der Waals surface area contributed by atoms with E-state index in [0.717, 1.165) is 27.7 Å². The number of furan rings is 1. The van der Waals surface area contributed by atoms with Crippen molar-refractivity contribution in [2.45, 2.75) is 32.9 Å². The minimum Gasteiger partial charge on any atom is -0.455 e. The Morgan fingerprint density at radius 1 is 1.25 bits per heavy atom. The summed E-state index contributed by atoms with van der Waals surface area (Å²) in [4.78, 5) is 0. The molecule has 1 aromatic heterocycles. The average molecular weight is 295 g/mol. The van der Waals surface area contributed by atoms with Crippen LogP contribution in [-0.4, -0.2) is 17.3 Å². The summed E-state index contributed by atoms with van der Waals surface area (Å²) >= 11 is 6.13. The van der Waals surface area contributed by atoms with Gasteiger partial charge in [-0.15, -0.1) is 0 Å². The first kappa shape index (κ1) is 15.1. The van der Waals surface area contributed by atoms with Crippen molar-refractivity contribution in [3.05, 3.63) is 46.7 Å². The first-order chi connectivity index (χ1) is 9.43. The number of nitrogens with two attached hydrogens (primary N) is 1. The van der Waals surface area contributed by atoms with E-state index in [1.807, 2.05) is 51.1 Å². The molecule has 0 atom stereocenters. The van der Waals surface area contributed by atoms with Crippen LogP contribution in [0.1, 0.15) is 25.2 Å². The Balaban J connectivity index is 2.15. The van der Waals surface area contributed by atoms with E-state index in [4.69, 9.17) is 16.0 Å². The molecule has 0 aliphatic rings. The molecule has 0 fully saturated rings. The van der Waals surface area contributed by atoms with E-state index in [1.54, 1.807) is 0 Å². The van der Waals surface area contributed by atoms with Gasteiger partial charge in [-0.3, -0.25) is 0 Å². The van der Waals surface area contributed by atoms with E-state index in [1.165, 1.54) is 0 Å². The van der Waals surface area contributed by atoms with E-state index < -0.39 is 0 Å². The van der Waals surface area contributed by atoms with Gasteiger partial charge in [0.25, 0.3) is 0 Å². The maximum Gasteiger partial charge on any atom is 0.158 e. The van der Waals surface area contributed by atoms with Crippen LogP contribution in [-0.2, 0) is 6.54 Å². The summed E-state index contributed by atoms with van der Waals surface area (Å²) in [5.41, 5.74) is 1.85.